The number of Topliss-reactive ketones (excluding diaryl/α,β-unsaturated/α-hetero) is 2. The molecule has 0 saturated heterocycles. The molecule has 0 radical (unpaired) electrons. The van der Waals surface area contributed by atoms with Gasteiger partial charge < -0.3 is 4.74 Å². The molecule has 0 aromatic rings. The Morgan fingerprint density at radius 2 is 2.07 bits per heavy atom. The van der Waals surface area contributed by atoms with Crippen molar-refractivity contribution in [3.8, 4) is 0 Å². The van der Waals surface area contributed by atoms with Crippen LogP contribution in [0, 0.1) is 0 Å². The third-order valence-electron chi connectivity index (χ3n) is 2.45. The van der Waals surface area contributed by atoms with Gasteiger partial charge in [-0.15, -0.1) is 0 Å². The van der Waals surface area contributed by atoms with Crippen LogP contribution in [0.2, 0.25) is 0 Å². The van der Waals surface area contributed by atoms with Crippen LogP contribution in [0.15, 0.2) is 11.6 Å². The van der Waals surface area contributed by atoms with Gasteiger partial charge >= 0.3 is 5.97 Å². The predicted molar refractivity (Wildman–Crippen MR) is 53.2 cm³/mol. The standard InChI is InChI=1S/C11H14O4/c1-3-7(2)11(14)15-8-4-5-9(12)10(13)6-8/h3,8H,4-6H2,1-2H3. The smallest absolute Gasteiger partial charge is 0.333 e. The average molecular weight is 210 g/mol. The zero-order valence-electron chi connectivity index (χ0n) is 8.91. The van der Waals surface area contributed by atoms with Gasteiger partial charge in [-0.3, -0.25) is 9.59 Å². The number of rotatable bonds is 2. The molecule has 0 aliphatic heterocycles. The molecule has 15 heavy (non-hydrogen) atoms. The highest BCUT2D eigenvalue weighted by Gasteiger charge is 2.28. The monoisotopic (exact) mass is 210 g/mol. The molecule has 0 N–H and O–H groups in total. The quantitative estimate of drug-likeness (QED) is 0.390. The van der Waals surface area contributed by atoms with Crippen LogP contribution in [0.1, 0.15) is 33.1 Å². The third-order valence-corrected chi connectivity index (χ3v) is 2.45. The normalized spacial score (nSPS) is 22.8. The van der Waals surface area contributed by atoms with E-state index < -0.39 is 17.9 Å². The van der Waals surface area contributed by atoms with E-state index in [9.17, 15) is 14.4 Å². The molecule has 4 nitrogen and oxygen atoms in total. The van der Waals surface area contributed by atoms with Crippen LogP contribution in [-0.2, 0) is 19.1 Å². The Balaban J connectivity index is 2.51. The van der Waals surface area contributed by atoms with E-state index in [0.717, 1.165) is 0 Å². The molecule has 0 bridgehead atoms. The highest BCUT2D eigenvalue weighted by molar-refractivity contribution is 6.37. The fourth-order valence-corrected chi connectivity index (χ4v) is 1.32. The molecule has 0 amide bonds. The molecular formula is C11H14O4. The molecule has 1 fully saturated rings. The topological polar surface area (TPSA) is 60.4 Å². The molecule has 1 aliphatic rings. The number of allylic oxidation sites excluding steroid dienone is 1. The first-order chi connectivity index (χ1) is 7.04. The second-order valence-electron chi connectivity index (χ2n) is 3.59. The van der Waals surface area contributed by atoms with Crippen LogP contribution in [0.4, 0.5) is 0 Å². The number of carbonyl (C=O) groups is 3. The molecule has 0 aromatic carbocycles. The number of ether oxygens (including phenoxy) is 1. The lowest BCUT2D eigenvalue weighted by Gasteiger charge is -2.20. The Kier molecular flexibility index (Phi) is 3.77. The minimum absolute atomic E-state index is 0.0293. The maximum absolute atomic E-state index is 11.3. The van der Waals surface area contributed by atoms with Gasteiger partial charge in [-0.1, -0.05) is 6.08 Å². The highest BCUT2D eigenvalue weighted by Crippen LogP contribution is 2.16. The molecule has 1 atom stereocenters. The number of hydrogen-bond acceptors (Lipinski definition) is 4. The molecule has 0 heterocycles. The lowest BCUT2D eigenvalue weighted by atomic mass is 9.95. The van der Waals surface area contributed by atoms with Crippen molar-refractivity contribution in [2.75, 3.05) is 0 Å². The van der Waals surface area contributed by atoms with Crippen LogP contribution in [0.25, 0.3) is 0 Å². The van der Waals surface area contributed by atoms with Crippen molar-refractivity contribution >= 4 is 17.5 Å². The summed E-state index contributed by atoms with van der Waals surface area (Å²) < 4.78 is 5.08. The van der Waals surface area contributed by atoms with Crippen molar-refractivity contribution in [3.63, 3.8) is 0 Å². The Bertz CT molecular complexity index is 327. The maximum atomic E-state index is 11.3. The van der Waals surface area contributed by atoms with Gasteiger partial charge in [-0.05, 0) is 20.3 Å². The summed E-state index contributed by atoms with van der Waals surface area (Å²) >= 11 is 0. The Hall–Kier alpha value is -1.45. The van der Waals surface area contributed by atoms with Crippen molar-refractivity contribution in [1.82, 2.24) is 0 Å². The summed E-state index contributed by atoms with van der Waals surface area (Å²) in [4.78, 5) is 33.3. The molecular weight excluding hydrogens is 196 g/mol. The molecule has 1 aliphatic carbocycles. The predicted octanol–water partition coefficient (Wildman–Crippen LogP) is 1.19. The first-order valence-electron chi connectivity index (χ1n) is 4.94. The van der Waals surface area contributed by atoms with Gasteiger partial charge in [0, 0.05) is 12.0 Å². The maximum Gasteiger partial charge on any atom is 0.333 e. The van der Waals surface area contributed by atoms with Crippen molar-refractivity contribution in [2.24, 2.45) is 0 Å². The summed E-state index contributed by atoms with van der Waals surface area (Å²) in [5.41, 5.74) is 0.513. The van der Waals surface area contributed by atoms with E-state index >= 15 is 0 Å². The summed E-state index contributed by atoms with van der Waals surface area (Å²) in [6.07, 6.45) is 1.89. The van der Waals surface area contributed by atoms with E-state index in [0.29, 0.717) is 12.0 Å². The van der Waals surface area contributed by atoms with Crippen molar-refractivity contribution in [1.29, 1.82) is 0 Å². The molecule has 1 rings (SSSR count). The van der Waals surface area contributed by atoms with Crippen molar-refractivity contribution in [2.45, 2.75) is 39.2 Å². The van der Waals surface area contributed by atoms with E-state index in [-0.39, 0.29) is 18.6 Å². The fraction of sp³-hybridized carbons (Fsp3) is 0.545. The minimum Gasteiger partial charge on any atom is -0.459 e. The van der Waals surface area contributed by atoms with Gasteiger partial charge in [0.15, 0.2) is 5.78 Å². The van der Waals surface area contributed by atoms with E-state index in [1.807, 2.05) is 0 Å². The van der Waals surface area contributed by atoms with Gasteiger partial charge in [0.2, 0.25) is 5.78 Å². The molecule has 1 unspecified atom stereocenters. The van der Waals surface area contributed by atoms with Gasteiger partial charge in [-0.2, -0.15) is 0 Å². The molecule has 0 aromatic heterocycles. The summed E-state index contributed by atoms with van der Waals surface area (Å²) in [5.74, 6) is -1.20. The molecule has 4 heteroatoms. The third kappa shape index (κ3) is 3.01. The zero-order chi connectivity index (χ0) is 11.4. The van der Waals surface area contributed by atoms with Crippen LogP contribution < -0.4 is 0 Å². The number of ketones is 2. The summed E-state index contributed by atoms with van der Waals surface area (Å²) in [7, 11) is 0. The van der Waals surface area contributed by atoms with Gasteiger partial charge in [-0.25, -0.2) is 4.79 Å². The van der Waals surface area contributed by atoms with Crippen LogP contribution >= 0.6 is 0 Å². The summed E-state index contributed by atoms with van der Waals surface area (Å²) in [6, 6.07) is 0. The van der Waals surface area contributed by atoms with Crippen LogP contribution in [0.5, 0.6) is 0 Å². The number of carbonyl (C=O) groups excluding carboxylic acids is 3. The lowest BCUT2D eigenvalue weighted by molar-refractivity contribution is -0.151. The van der Waals surface area contributed by atoms with E-state index in [4.69, 9.17) is 4.74 Å². The Morgan fingerprint density at radius 3 is 2.60 bits per heavy atom. The van der Waals surface area contributed by atoms with Gasteiger partial charge in [0.05, 0.1) is 6.42 Å². The lowest BCUT2D eigenvalue weighted by Crippen LogP contribution is -2.31. The first-order valence-corrected chi connectivity index (χ1v) is 4.94. The van der Waals surface area contributed by atoms with Crippen LogP contribution in [0.3, 0.4) is 0 Å². The second-order valence-corrected chi connectivity index (χ2v) is 3.59. The largest absolute Gasteiger partial charge is 0.459 e. The number of hydrogen-bond donors (Lipinski definition) is 0. The molecule has 1 saturated carbocycles. The Labute approximate surface area is 88.3 Å². The Morgan fingerprint density at radius 1 is 1.40 bits per heavy atom. The van der Waals surface area contributed by atoms with E-state index in [1.165, 1.54) is 0 Å². The molecule has 0 spiro atoms. The highest BCUT2D eigenvalue weighted by atomic mass is 16.5. The SMILES string of the molecule is CC=C(C)C(=O)OC1CCC(=O)C(=O)C1. The van der Waals surface area contributed by atoms with Crippen LogP contribution in [-0.4, -0.2) is 23.6 Å². The summed E-state index contributed by atoms with van der Waals surface area (Å²) in [5, 5.41) is 0. The molecule has 82 valence electrons. The van der Waals surface area contributed by atoms with Gasteiger partial charge in [0.1, 0.15) is 6.10 Å². The first kappa shape index (κ1) is 11.6. The van der Waals surface area contributed by atoms with Crippen molar-refractivity contribution < 1.29 is 19.1 Å². The van der Waals surface area contributed by atoms with E-state index in [1.54, 1.807) is 19.9 Å². The van der Waals surface area contributed by atoms with Gasteiger partial charge in [0.25, 0.3) is 0 Å². The average Bonchev–Trinajstić information content (AvgIpc) is 2.22. The summed E-state index contributed by atoms with van der Waals surface area (Å²) in [6.45, 7) is 3.39. The number of esters is 1. The fourth-order valence-electron chi connectivity index (χ4n) is 1.32. The van der Waals surface area contributed by atoms with E-state index in [2.05, 4.69) is 0 Å². The zero-order valence-corrected chi connectivity index (χ0v) is 8.91. The second kappa shape index (κ2) is 4.87. The van der Waals surface area contributed by atoms with Crippen molar-refractivity contribution in [3.05, 3.63) is 11.6 Å². The minimum atomic E-state index is -0.433.